The lowest BCUT2D eigenvalue weighted by Gasteiger charge is -2.18. The minimum absolute atomic E-state index is 0.0373. The van der Waals surface area contributed by atoms with E-state index in [4.69, 9.17) is 5.11 Å². The predicted octanol–water partition coefficient (Wildman–Crippen LogP) is 2.70. The van der Waals surface area contributed by atoms with Crippen molar-refractivity contribution in [3.8, 4) is 0 Å². The molecule has 0 aliphatic carbocycles. The zero-order chi connectivity index (χ0) is 13.4. The van der Waals surface area contributed by atoms with Gasteiger partial charge in [-0.3, -0.25) is 0 Å². The number of carbonyl (C=O) groups is 1. The Morgan fingerprint density at radius 2 is 2.00 bits per heavy atom. The van der Waals surface area contributed by atoms with Crippen LogP contribution in [0, 0.1) is 13.8 Å². The Labute approximate surface area is 94.7 Å². The van der Waals surface area contributed by atoms with E-state index in [1.165, 1.54) is 19.9 Å². The van der Waals surface area contributed by atoms with Crippen LogP contribution in [0.25, 0.3) is 0 Å². The van der Waals surface area contributed by atoms with Crippen LogP contribution < -0.4 is 0 Å². The molecule has 0 unspecified atom stereocenters. The Bertz CT molecular complexity index is 440. The maximum atomic E-state index is 12.9. The number of rotatable bonds is 4. The standard InChI is InChI=1S/C10H11F4NO2/c1-5-3-7(8(16)17)6(2)15(5)4-10(13,14)9(11)12/h3,9H,4H2,1-2H3,(H,16,17). The van der Waals surface area contributed by atoms with E-state index in [0.29, 0.717) is 0 Å². The molecule has 17 heavy (non-hydrogen) atoms. The number of alkyl halides is 4. The second-order valence-corrected chi connectivity index (χ2v) is 3.74. The van der Waals surface area contributed by atoms with Gasteiger partial charge in [0, 0.05) is 11.4 Å². The van der Waals surface area contributed by atoms with Crippen molar-refractivity contribution in [3.63, 3.8) is 0 Å². The molecule has 0 bridgehead atoms. The Kier molecular flexibility index (Phi) is 3.49. The molecule has 1 rings (SSSR count). The number of aryl methyl sites for hydroxylation is 1. The van der Waals surface area contributed by atoms with Gasteiger partial charge in [0.05, 0.1) is 12.1 Å². The SMILES string of the molecule is Cc1cc(C(=O)O)c(C)n1CC(F)(F)C(F)F. The Hall–Kier alpha value is -1.53. The molecule has 1 aromatic heterocycles. The number of aromatic nitrogens is 1. The summed E-state index contributed by atoms with van der Waals surface area (Å²) >= 11 is 0. The number of hydrogen-bond acceptors (Lipinski definition) is 1. The van der Waals surface area contributed by atoms with Gasteiger partial charge in [0.15, 0.2) is 0 Å². The second kappa shape index (κ2) is 4.38. The average molecular weight is 253 g/mol. The zero-order valence-electron chi connectivity index (χ0n) is 9.18. The monoisotopic (exact) mass is 253 g/mol. The molecule has 3 nitrogen and oxygen atoms in total. The van der Waals surface area contributed by atoms with Crippen LogP contribution in [0.3, 0.4) is 0 Å². The van der Waals surface area contributed by atoms with E-state index in [1.807, 2.05) is 0 Å². The highest BCUT2D eigenvalue weighted by molar-refractivity contribution is 5.89. The van der Waals surface area contributed by atoms with Gasteiger partial charge < -0.3 is 9.67 Å². The van der Waals surface area contributed by atoms with Crippen LogP contribution in [0.5, 0.6) is 0 Å². The van der Waals surface area contributed by atoms with Gasteiger partial charge in [0.25, 0.3) is 0 Å². The van der Waals surface area contributed by atoms with Crippen LogP contribution in [0.15, 0.2) is 6.07 Å². The molecule has 0 radical (unpaired) electrons. The summed E-state index contributed by atoms with van der Waals surface area (Å²) in [5.74, 6) is -5.45. The summed E-state index contributed by atoms with van der Waals surface area (Å²) in [6, 6.07) is 1.18. The topological polar surface area (TPSA) is 42.2 Å². The number of hydrogen-bond donors (Lipinski definition) is 1. The first kappa shape index (κ1) is 13.5. The molecule has 7 heteroatoms. The second-order valence-electron chi connectivity index (χ2n) is 3.74. The van der Waals surface area contributed by atoms with Crippen molar-refractivity contribution in [3.05, 3.63) is 23.0 Å². The normalized spacial score (nSPS) is 12.2. The van der Waals surface area contributed by atoms with Gasteiger partial charge in [0.2, 0.25) is 0 Å². The van der Waals surface area contributed by atoms with Gasteiger partial charge in [-0.1, -0.05) is 0 Å². The van der Waals surface area contributed by atoms with E-state index >= 15 is 0 Å². The van der Waals surface area contributed by atoms with Gasteiger partial charge >= 0.3 is 18.3 Å². The highest BCUT2D eigenvalue weighted by atomic mass is 19.3. The van der Waals surface area contributed by atoms with E-state index in [9.17, 15) is 22.4 Å². The molecule has 0 spiro atoms. The van der Waals surface area contributed by atoms with Crippen LogP contribution >= 0.6 is 0 Å². The maximum Gasteiger partial charge on any atom is 0.337 e. The first-order valence-corrected chi connectivity index (χ1v) is 4.73. The van der Waals surface area contributed by atoms with Crippen molar-refractivity contribution in [2.24, 2.45) is 0 Å². The van der Waals surface area contributed by atoms with E-state index in [1.54, 1.807) is 0 Å². The van der Waals surface area contributed by atoms with Gasteiger partial charge in [0.1, 0.15) is 0 Å². The summed E-state index contributed by atoms with van der Waals surface area (Å²) < 4.78 is 50.7. The predicted molar refractivity (Wildman–Crippen MR) is 51.8 cm³/mol. The van der Waals surface area contributed by atoms with Gasteiger partial charge in [-0.25, -0.2) is 13.6 Å². The number of aromatic carboxylic acids is 1. The summed E-state index contributed by atoms with van der Waals surface area (Å²) in [4.78, 5) is 10.7. The largest absolute Gasteiger partial charge is 0.478 e. The zero-order valence-corrected chi connectivity index (χ0v) is 9.18. The smallest absolute Gasteiger partial charge is 0.337 e. The molecule has 0 aliphatic heterocycles. The number of carboxylic acids is 1. The van der Waals surface area contributed by atoms with Crippen LogP contribution in [-0.4, -0.2) is 28.0 Å². The van der Waals surface area contributed by atoms with Gasteiger partial charge in [-0.15, -0.1) is 0 Å². The van der Waals surface area contributed by atoms with Crippen molar-refractivity contribution in [2.45, 2.75) is 32.7 Å². The Morgan fingerprint density at radius 1 is 1.47 bits per heavy atom. The fourth-order valence-electron chi connectivity index (χ4n) is 1.54. The molecule has 0 fully saturated rings. The average Bonchev–Trinajstić information content (AvgIpc) is 2.45. The fraction of sp³-hybridized carbons (Fsp3) is 0.500. The third-order valence-corrected chi connectivity index (χ3v) is 2.49. The first-order chi connectivity index (χ1) is 7.66. The summed E-state index contributed by atoms with van der Waals surface area (Å²) in [6.07, 6.45) is -3.78. The molecule has 0 saturated carbocycles. The third kappa shape index (κ3) is 2.59. The number of nitrogens with zero attached hydrogens (tertiary/aromatic N) is 1. The Morgan fingerprint density at radius 3 is 2.35 bits per heavy atom. The third-order valence-electron chi connectivity index (χ3n) is 2.49. The number of carboxylic acid groups (broad SMARTS) is 1. The number of halogens is 4. The molecule has 1 heterocycles. The lowest BCUT2D eigenvalue weighted by Crippen LogP contribution is -2.32. The summed E-state index contributed by atoms with van der Waals surface area (Å²) in [7, 11) is 0. The molecule has 0 aromatic carbocycles. The molecule has 96 valence electrons. The minimum Gasteiger partial charge on any atom is -0.478 e. The first-order valence-electron chi connectivity index (χ1n) is 4.73. The molecule has 0 aliphatic rings. The molecule has 0 atom stereocenters. The lowest BCUT2D eigenvalue weighted by molar-refractivity contribution is -0.138. The summed E-state index contributed by atoms with van der Waals surface area (Å²) in [6.45, 7) is 1.47. The highest BCUT2D eigenvalue weighted by Gasteiger charge is 2.41. The van der Waals surface area contributed by atoms with E-state index < -0.39 is 24.9 Å². The molecule has 1 aromatic rings. The summed E-state index contributed by atoms with van der Waals surface area (Å²) in [5, 5.41) is 8.76. The van der Waals surface area contributed by atoms with E-state index in [2.05, 4.69) is 0 Å². The van der Waals surface area contributed by atoms with Crippen molar-refractivity contribution < 1.29 is 27.5 Å². The van der Waals surface area contributed by atoms with Crippen molar-refractivity contribution >= 4 is 5.97 Å². The van der Waals surface area contributed by atoms with Gasteiger partial charge in [-0.2, -0.15) is 8.78 Å². The molecule has 0 saturated heterocycles. The van der Waals surface area contributed by atoms with Crippen LogP contribution in [-0.2, 0) is 6.54 Å². The lowest BCUT2D eigenvalue weighted by atomic mass is 10.2. The van der Waals surface area contributed by atoms with Crippen LogP contribution in [0.2, 0.25) is 0 Å². The molecular weight excluding hydrogens is 242 g/mol. The summed E-state index contributed by atoms with van der Waals surface area (Å²) in [5.41, 5.74) is 0.0862. The van der Waals surface area contributed by atoms with Gasteiger partial charge in [-0.05, 0) is 19.9 Å². The van der Waals surface area contributed by atoms with E-state index in [-0.39, 0.29) is 17.0 Å². The molecular formula is C10H11F4NO2. The highest BCUT2D eigenvalue weighted by Crippen LogP contribution is 2.27. The van der Waals surface area contributed by atoms with Crippen LogP contribution in [0.4, 0.5) is 17.6 Å². The fourth-order valence-corrected chi connectivity index (χ4v) is 1.54. The van der Waals surface area contributed by atoms with Crippen molar-refractivity contribution in [1.82, 2.24) is 4.57 Å². The quantitative estimate of drug-likeness (QED) is 0.838. The Balaban J connectivity index is 3.12. The van der Waals surface area contributed by atoms with E-state index in [0.717, 1.165) is 4.57 Å². The van der Waals surface area contributed by atoms with Crippen molar-refractivity contribution in [1.29, 1.82) is 0 Å². The van der Waals surface area contributed by atoms with Crippen molar-refractivity contribution in [2.75, 3.05) is 0 Å². The maximum absolute atomic E-state index is 12.9. The minimum atomic E-state index is -4.18. The molecule has 1 N–H and O–H groups in total. The molecule has 0 amide bonds. The van der Waals surface area contributed by atoms with Crippen LogP contribution in [0.1, 0.15) is 21.7 Å².